The van der Waals surface area contributed by atoms with Gasteiger partial charge in [-0.05, 0) is 23.9 Å². The first-order chi connectivity index (χ1) is 7.52. The summed E-state index contributed by atoms with van der Waals surface area (Å²) < 4.78 is 73.5. The van der Waals surface area contributed by atoms with Gasteiger partial charge in [0.25, 0.3) is 0 Å². The Labute approximate surface area is 101 Å². The predicted molar refractivity (Wildman–Crippen MR) is 52.8 cm³/mol. The molecule has 9 heteroatoms. The highest BCUT2D eigenvalue weighted by Crippen LogP contribution is 2.46. The van der Waals surface area contributed by atoms with Crippen molar-refractivity contribution >= 4 is 29.1 Å². The molecular formula is C8H4ClF6NS. The fourth-order valence-corrected chi connectivity index (χ4v) is 1.94. The molecule has 1 nitrogen and oxygen atoms in total. The van der Waals surface area contributed by atoms with E-state index in [1.54, 1.807) is 0 Å². The van der Waals surface area contributed by atoms with Gasteiger partial charge in [-0.15, -0.1) is 0 Å². The summed E-state index contributed by atoms with van der Waals surface area (Å²) in [5.74, 6) is 0. The zero-order chi connectivity index (χ0) is 13.4. The molecule has 1 aromatic rings. The van der Waals surface area contributed by atoms with Crippen molar-refractivity contribution in [3.05, 3.63) is 22.7 Å². The molecule has 0 unspecified atom stereocenters. The Hall–Kier alpha value is -0.760. The molecule has 0 amide bonds. The van der Waals surface area contributed by atoms with E-state index in [4.69, 9.17) is 17.3 Å². The van der Waals surface area contributed by atoms with Crippen molar-refractivity contribution < 1.29 is 26.3 Å². The summed E-state index contributed by atoms with van der Waals surface area (Å²) in [6, 6.07) is 1.53. The lowest BCUT2D eigenvalue weighted by Crippen LogP contribution is -2.11. The van der Waals surface area contributed by atoms with Crippen LogP contribution in [-0.4, -0.2) is 5.51 Å². The third kappa shape index (κ3) is 3.60. The first kappa shape index (κ1) is 14.3. The van der Waals surface area contributed by atoms with Gasteiger partial charge in [0.2, 0.25) is 0 Å². The Balaban J connectivity index is 3.30. The molecule has 0 aliphatic carbocycles. The SMILES string of the molecule is Nc1c(SC(F)(F)F)ccc(Cl)c1C(F)(F)F. The zero-order valence-electron chi connectivity index (χ0n) is 7.79. The predicted octanol–water partition coefficient (Wildman–Crippen LogP) is 4.55. The van der Waals surface area contributed by atoms with E-state index in [2.05, 4.69) is 0 Å². The van der Waals surface area contributed by atoms with Crippen LogP contribution in [0.1, 0.15) is 5.56 Å². The zero-order valence-corrected chi connectivity index (χ0v) is 9.36. The molecule has 0 atom stereocenters. The molecule has 0 radical (unpaired) electrons. The fraction of sp³-hybridized carbons (Fsp3) is 0.250. The standard InChI is InChI=1S/C8H4ClF6NS/c9-3-1-2-4(17-8(13,14)15)6(16)5(3)7(10,11)12/h1-2H,16H2. The molecule has 96 valence electrons. The number of hydrogen-bond acceptors (Lipinski definition) is 2. The van der Waals surface area contributed by atoms with Crippen molar-refractivity contribution in [2.45, 2.75) is 16.6 Å². The average molecular weight is 296 g/mol. The van der Waals surface area contributed by atoms with Crippen LogP contribution in [0.15, 0.2) is 17.0 Å². The van der Waals surface area contributed by atoms with Gasteiger partial charge in [0.05, 0.1) is 16.3 Å². The second-order valence-corrected chi connectivity index (χ2v) is 4.39. The number of benzene rings is 1. The third-order valence-corrected chi connectivity index (χ3v) is 2.79. The van der Waals surface area contributed by atoms with Crippen LogP contribution in [0.3, 0.4) is 0 Å². The van der Waals surface area contributed by atoms with E-state index in [1.165, 1.54) is 0 Å². The second-order valence-electron chi connectivity index (χ2n) is 2.88. The maximum Gasteiger partial charge on any atom is 0.446 e. The van der Waals surface area contributed by atoms with Gasteiger partial charge >= 0.3 is 11.7 Å². The monoisotopic (exact) mass is 295 g/mol. The van der Waals surface area contributed by atoms with Gasteiger partial charge in [-0.3, -0.25) is 0 Å². The van der Waals surface area contributed by atoms with Crippen LogP contribution in [0.4, 0.5) is 32.0 Å². The Kier molecular flexibility index (Phi) is 3.78. The molecule has 17 heavy (non-hydrogen) atoms. The van der Waals surface area contributed by atoms with Gasteiger partial charge in [0.1, 0.15) is 0 Å². The molecule has 2 N–H and O–H groups in total. The van der Waals surface area contributed by atoms with Gasteiger partial charge < -0.3 is 5.73 Å². The number of hydrogen-bond donors (Lipinski definition) is 1. The number of halogens is 7. The normalized spacial score (nSPS) is 12.9. The number of nitrogen functional groups attached to an aromatic ring is 1. The van der Waals surface area contributed by atoms with Crippen molar-refractivity contribution in [3.8, 4) is 0 Å². The van der Waals surface area contributed by atoms with Crippen LogP contribution in [0, 0.1) is 0 Å². The quantitative estimate of drug-likeness (QED) is 0.467. The van der Waals surface area contributed by atoms with Crippen LogP contribution in [0.2, 0.25) is 5.02 Å². The lowest BCUT2D eigenvalue weighted by Gasteiger charge is -2.15. The molecule has 1 rings (SSSR count). The Morgan fingerprint density at radius 1 is 1.06 bits per heavy atom. The number of thioether (sulfide) groups is 1. The smallest absolute Gasteiger partial charge is 0.397 e. The van der Waals surface area contributed by atoms with Crippen molar-refractivity contribution in [1.29, 1.82) is 0 Å². The minimum absolute atomic E-state index is 0.717. The molecule has 0 saturated carbocycles. The minimum Gasteiger partial charge on any atom is -0.397 e. The topological polar surface area (TPSA) is 26.0 Å². The van der Waals surface area contributed by atoms with E-state index in [-0.39, 0.29) is 0 Å². The van der Waals surface area contributed by atoms with E-state index in [9.17, 15) is 26.3 Å². The lowest BCUT2D eigenvalue weighted by atomic mass is 10.2. The number of alkyl halides is 6. The van der Waals surface area contributed by atoms with Crippen LogP contribution < -0.4 is 5.73 Å². The average Bonchev–Trinajstić information content (AvgIpc) is 2.06. The third-order valence-electron chi connectivity index (χ3n) is 1.66. The van der Waals surface area contributed by atoms with Gasteiger partial charge in [0.15, 0.2) is 0 Å². The van der Waals surface area contributed by atoms with Crippen LogP contribution in [-0.2, 0) is 6.18 Å². The molecule has 0 aliphatic rings. The summed E-state index contributed by atoms with van der Waals surface area (Å²) >= 11 is 4.55. The van der Waals surface area contributed by atoms with E-state index >= 15 is 0 Å². The maximum atomic E-state index is 12.5. The first-order valence-electron chi connectivity index (χ1n) is 3.93. The van der Waals surface area contributed by atoms with Crippen molar-refractivity contribution in [2.75, 3.05) is 5.73 Å². The Morgan fingerprint density at radius 2 is 1.59 bits per heavy atom. The van der Waals surface area contributed by atoms with E-state index in [0.29, 0.717) is 0 Å². The minimum atomic E-state index is -4.90. The highest BCUT2D eigenvalue weighted by atomic mass is 35.5. The molecule has 0 aliphatic heterocycles. The summed E-state index contributed by atoms with van der Waals surface area (Å²) in [6.07, 6.45) is -4.90. The van der Waals surface area contributed by atoms with Gasteiger partial charge in [-0.1, -0.05) is 11.6 Å². The lowest BCUT2D eigenvalue weighted by molar-refractivity contribution is -0.136. The maximum absolute atomic E-state index is 12.5. The molecule has 0 aromatic heterocycles. The Morgan fingerprint density at radius 3 is 2.00 bits per heavy atom. The first-order valence-corrected chi connectivity index (χ1v) is 5.12. The summed E-state index contributed by atoms with van der Waals surface area (Å²) in [5.41, 5.74) is -2.14. The molecule has 0 fully saturated rings. The van der Waals surface area contributed by atoms with Gasteiger partial charge in [-0.25, -0.2) is 0 Å². The molecular weight excluding hydrogens is 292 g/mol. The van der Waals surface area contributed by atoms with Gasteiger partial charge in [-0.2, -0.15) is 26.3 Å². The molecule has 0 bridgehead atoms. The number of rotatable bonds is 1. The largest absolute Gasteiger partial charge is 0.446 e. The van der Waals surface area contributed by atoms with Crippen LogP contribution in [0.5, 0.6) is 0 Å². The van der Waals surface area contributed by atoms with E-state index in [0.717, 1.165) is 12.1 Å². The summed E-state index contributed by atoms with van der Waals surface area (Å²) in [5, 5.41) is -0.735. The van der Waals surface area contributed by atoms with E-state index in [1.807, 2.05) is 0 Å². The second kappa shape index (κ2) is 4.49. The van der Waals surface area contributed by atoms with E-state index < -0.39 is 44.6 Å². The molecule has 0 saturated heterocycles. The summed E-state index contributed by atoms with van der Waals surface area (Å²) in [7, 11) is 0. The Bertz CT molecular complexity index is 427. The molecule has 0 heterocycles. The number of nitrogens with two attached hydrogens (primary N) is 1. The highest BCUT2D eigenvalue weighted by molar-refractivity contribution is 8.00. The number of anilines is 1. The molecule has 0 spiro atoms. The highest BCUT2D eigenvalue weighted by Gasteiger charge is 2.38. The van der Waals surface area contributed by atoms with Crippen LogP contribution in [0.25, 0.3) is 0 Å². The van der Waals surface area contributed by atoms with Gasteiger partial charge in [0, 0.05) is 4.90 Å². The van der Waals surface area contributed by atoms with Crippen LogP contribution >= 0.6 is 23.4 Å². The van der Waals surface area contributed by atoms with Crippen molar-refractivity contribution in [1.82, 2.24) is 0 Å². The summed E-state index contributed by atoms with van der Waals surface area (Å²) in [4.78, 5) is -0.728. The molecule has 1 aromatic carbocycles. The fourth-order valence-electron chi connectivity index (χ4n) is 1.08. The van der Waals surface area contributed by atoms with Crippen molar-refractivity contribution in [2.24, 2.45) is 0 Å². The summed E-state index contributed by atoms with van der Waals surface area (Å²) in [6.45, 7) is 0. The van der Waals surface area contributed by atoms with Crippen molar-refractivity contribution in [3.63, 3.8) is 0 Å².